The standard InChI is InChI=1S/C15H23N/c1-12-8-7-11-14(12)15(16(2)3)13-9-5-4-6-10-13/h4-6,9-10,12,14-15H,7-8,11H2,1-3H3/t12?,14?,15-/m1/s1. The zero-order valence-corrected chi connectivity index (χ0v) is 10.7. The van der Waals surface area contributed by atoms with Crippen LogP contribution in [0.15, 0.2) is 30.3 Å². The van der Waals surface area contributed by atoms with Gasteiger partial charge in [-0.25, -0.2) is 0 Å². The van der Waals surface area contributed by atoms with Crippen molar-refractivity contribution < 1.29 is 0 Å². The summed E-state index contributed by atoms with van der Waals surface area (Å²) >= 11 is 0. The van der Waals surface area contributed by atoms with Crippen molar-refractivity contribution in [2.45, 2.75) is 32.2 Å². The van der Waals surface area contributed by atoms with Crippen LogP contribution in [0.1, 0.15) is 37.8 Å². The molecule has 88 valence electrons. The minimum atomic E-state index is 0.596. The van der Waals surface area contributed by atoms with Crippen molar-refractivity contribution in [3.8, 4) is 0 Å². The third kappa shape index (κ3) is 2.30. The Morgan fingerprint density at radius 3 is 2.31 bits per heavy atom. The van der Waals surface area contributed by atoms with Gasteiger partial charge < -0.3 is 4.90 Å². The van der Waals surface area contributed by atoms with E-state index in [2.05, 4.69) is 56.3 Å². The van der Waals surface area contributed by atoms with Gasteiger partial charge in [0.25, 0.3) is 0 Å². The number of hydrogen-bond donors (Lipinski definition) is 0. The molecule has 0 saturated heterocycles. The van der Waals surface area contributed by atoms with E-state index in [9.17, 15) is 0 Å². The van der Waals surface area contributed by atoms with Gasteiger partial charge in [-0.3, -0.25) is 0 Å². The predicted molar refractivity (Wildman–Crippen MR) is 69.4 cm³/mol. The second kappa shape index (κ2) is 5.01. The highest BCUT2D eigenvalue weighted by atomic mass is 15.1. The van der Waals surface area contributed by atoms with E-state index in [1.54, 1.807) is 0 Å². The number of hydrogen-bond acceptors (Lipinski definition) is 1. The summed E-state index contributed by atoms with van der Waals surface area (Å²) in [7, 11) is 4.42. The lowest BCUT2D eigenvalue weighted by Crippen LogP contribution is -2.28. The summed E-state index contributed by atoms with van der Waals surface area (Å²) in [6.45, 7) is 2.41. The first-order valence-electron chi connectivity index (χ1n) is 6.41. The van der Waals surface area contributed by atoms with Crippen molar-refractivity contribution in [1.82, 2.24) is 4.90 Å². The maximum absolute atomic E-state index is 2.41. The molecule has 1 aromatic rings. The van der Waals surface area contributed by atoms with Crippen molar-refractivity contribution in [3.05, 3.63) is 35.9 Å². The molecule has 0 N–H and O–H groups in total. The maximum Gasteiger partial charge on any atom is 0.0372 e. The van der Waals surface area contributed by atoms with E-state index in [0.717, 1.165) is 11.8 Å². The quantitative estimate of drug-likeness (QED) is 0.745. The summed E-state index contributed by atoms with van der Waals surface area (Å²) in [6.07, 6.45) is 4.20. The van der Waals surface area contributed by atoms with Gasteiger partial charge in [-0.1, -0.05) is 50.1 Å². The fraction of sp³-hybridized carbons (Fsp3) is 0.600. The van der Waals surface area contributed by atoms with Gasteiger partial charge in [-0.05, 0) is 37.9 Å². The van der Waals surface area contributed by atoms with Gasteiger partial charge in [0.1, 0.15) is 0 Å². The number of rotatable bonds is 3. The first-order valence-corrected chi connectivity index (χ1v) is 6.41. The van der Waals surface area contributed by atoms with Gasteiger partial charge in [-0.2, -0.15) is 0 Å². The summed E-state index contributed by atoms with van der Waals surface area (Å²) < 4.78 is 0. The molecule has 16 heavy (non-hydrogen) atoms. The van der Waals surface area contributed by atoms with Crippen molar-refractivity contribution >= 4 is 0 Å². The normalized spacial score (nSPS) is 27.2. The van der Waals surface area contributed by atoms with Crippen LogP contribution in [0, 0.1) is 11.8 Å². The van der Waals surface area contributed by atoms with Crippen molar-refractivity contribution in [2.75, 3.05) is 14.1 Å². The van der Waals surface area contributed by atoms with Gasteiger partial charge >= 0.3 is 0 Å². The van der Waals surface area contributed by atoms with Gasteiger partial charge in [0.2, 0.25) is 0 Å². The van der Waals surface area contributed by atoms with Crippen LogP contribution in [-0.4, -0.2) is 19.0 Å². The van der Waals surface area contributed by atoms with Gasteiger partial charge in [-0.15, -0.1) is 0 Å². The molecule has 1 aliphatic carbocycles. The van der Waals surface area contributed by atoms with Gasteiger partial charge in [0, 0.05) is 6.04 Å². The lowest BCUT2D eigenvalue weighted by Gasteiger charge is -2.33. The largest absolute Gasteiger partial charge is 0.302 e. The zero-order valence-electron chi connectivity index (χ0n) is 10.7. The van der Waals surface area contributed by atoms with Crippen LogP contribution in [0.5, 0.6) is 0 Å². The smallest absolute Gasteiger partial charge is 0.0372 e. The molecule has 1 saturated carbocycles. The lowest BCUT2D eigenvalue weighted by atomic mass is 9.85. The maximum atomic E-state index is 2.41. The van der Waals surface area contributed by atoms with Crippen LogP contribution in [0.2, 0.25) is 0 Å². The van der Waals surface area contributed by atoms with Crippen molar-refractivity contribution in [2.24, 2.45) is 11.8 Å². The Morgan fingerprint density at radius 2 is 1.81 bits per heavy atom. The molecule has 1 aliphatic rings. The van der Waals surface area contributed by atoms with Crippen LogP contribution in [-0.2, 0) is 0 Å². The first-order chi connectivity index (χ1) is 7.70. The Labute approximate surface area is 99.5 Å². The van der Waals surface area contributed by atoms with E-state index in [1.807, 2.05) is 0 Å². The molecule has 0 heterocycles. The number of nitrogens with zero attached hydrogens (tertiary/aromatic N) is 1. The highest BCUT2D eigenvalue weighted by Crippen LogP contribution is 2.42. The molecule has 1 fully saturated rings. The zero-order chi connectivity index (χ0) is 11.5. The van der Waals surface area contributed by atoms with Gasteiger partial charge in [0.15, 0.2) is 0 Å². The van der Waals surface area contributed by atoms with E-state index < -0.39 is 0 Å². The second-order valence-electron chi connectivity index (χ2n) is 5.39. The minimum absolute atomic E-state index is 0.596. The summed E-state index contributed by atoms with van der Waals surface area (Å²) in [5.74, 6) is 1.70. The molecule has 3 atom stereocenters. The van der Waals surface area contributed by atoms with Crippen LogP contribution >= 0.6 is 0 Å². The van der Waals surface area contributed by atoms with E-state index >= 15 is 0 Å². The average Bonchev–Trinajstić information content (AvgIpc) is 2.66. The summed E-state index contributed by atoms with van der Waals surface area (Å²) in [5.41, 5.74) is 1.48. The van der Waals surface area contributed by atoms with Crippen LogP contribution < -0.4 is 0 Å². The minimum Gasteiger partial charge on any atom is -0.302 e. The fourth-order valence-corrected chi connectivity index (χ4v) is 3.22. The monoisotopic (exact) mass is 217 g/mol. The van der Waals surface area contributed by atoms with Crippen LogP contribution in [0.3, 0.4) is 0 Å². The second-order valence-corrected chi connectivity index (χ2v) is 5.39. The highest BCUT2D eigenvalue weighted by molar-refractivity contribution is 5.20. The van der Waals surface area contributed by atoms with Crippen LogP contribution in [0.4, 0.5) is 0 Å². The number of benzene rings is 1. The Bertz CT molecular complexity index is 317. The summed E-state index contributed by atoms with van der Waals surface area (Å²) in [5, 5.41) is 0. The Balaban J connectivity index is 2.24. The van der Waals surface area contributed by atoms with Gasteiger partial charge in [0.05, 0.1) is 0 Å². The van der Waals surface area contributed by atoms with Crippen molar-refractivity contribution in [1.29, 1.82) is 0 Å². The molecule has 1 nitrogen and oxygen atoms in total. The molecular formula is C15H23N. The van der Waals surface area contributed by atoms with E-state index in [1.165, 1.54) is 24.8 Å². The van der Waals surface area contributed by atoms with Crippen LogP contribution in [0.25, 0.3) is 0 Å². The molecule has 0 spiro atoms. The molecule has 0 aliphatic heterocycles. The molecular weight excluding hydrogens is 194 g/mol. The first kappa shape index (κ1) is 11.7. The molecule has 1 heteroatoms. The average molecular weight is 217 g/mol. The molecule has 1 aromatic carbocycles. The molecule has 0 amide bonds. The van der Waals surface area contributed by atoms with E-state index in [4.69, 9.17) is 0 Å². The molecule has 2 rings (SSSR count). The molecule has 0 radical (unpaired) electrons. The topological polar surface area (TPSA) is 3.24 Å². The predicted octanol–water partition coefficient (Wildman–Crippen LogP) is 3.73. The third-order valence-corrected chi connectivity index (χ3v) is 4.03. The Kier molecular flexibility index (Phi) is 3.65. The molecule has 0 bridgehead atoms. The van der Waals surface area contributed by atoms with E-state index in [-0.39, 0.29) is 0 Å². The molecule has 0 aromatic heterocycles. The van der Waals surface area contributed by atoms with Crippen molar-refractivity contribution in [3.63, 3.8) is 0 Å². The SMILES string of the molecule is CC1CCCC1[C@@H](c1ccccc1)N(C)C. The molecule has 2 unspecified atom stereocenters. The third-order valence-electron chi connectivity index (χ3n) is 4.03. The summed E-state index contributed by atoms with van der Waals surface area (Å²) in [4.78, 5) is 2.39. The fourth-order valence-electron chi connectivity index (χ4n) is 3.22. The Hall–Kier alpha value is -0.820. The highest BCUT2D eigenvalue weighted by Gasteiger charge is 2.32. The Morgan fingerprint density at radius 1 is 1.12 bits per heavy atom. The van der Waals surface area contributed by atoms with E-state index in [0.29, 0.717) is 6.04 Å². The summed E-state index contributed by atoms with van der Waals surface area (Å²) in [6, 6.07) is 11.6. The lowest BCUT2D eigenvalue weighted by molar-refractivity contribution is 0.182.